The molecule has 3 N–H and O–H groups in total. The summed E-state index contributed by atoms with van der Waals surface area (Å²) in [6.45, 7) is 7.20. The minimum atomic E-state index is -1.26. The molecule has 0 aliphatic carbocycles. The third-order valence-electron chi connectivity index (χ3n) is 4.76. The van der Waals surface area contributed by atoms with Crippen LogP contribution in [0.5, 0.6) is 0 Å². The second-order valence-electron chi connectivity index (χ2n) is 6.62. The first-order valence-electron chi connectivity index (χ1n) is 9.11. The summed E-state index contributed by atoms with van der Waals surface area (Å²) in [6.07, 6.45) is 3.86. The van der Waals surface area contributed by atoms with E-state index in [0.717, 1.165) is 42.7 Å². The highest BCUT2D eigenvalue weighted by atomic mass is 19.1. The van der Waals surface area contributed by atoms with Crippen LogP contribution in [0.3, 0.4) is 0 Å². The molecule has 1 fully saturated rings. The first kappa shape index (κ1) is 21.4. The molecule has 1 saturated heterocycles. The maximum absolute atomic E-state index is 13.9. The summed E-state index contributed by atoms with van der Waals surface area (Å²) in [4.78, 5) is 21.4. The molecule has 0 saturated carbocycles. The van der Waals surface area contributed by atoms with Crippen molar-refractivity contribution >= 4 is 28.6 Å². The van der Waals surface area contributed by atoms with Crippen LogP contribution in [-0.2, 0) is 9.59 Å². The summed E-state index contributed by atoms with van der Waals surface area (Å²) in [6, 6.07) is 5.33. The number of carboxylic acids is 2. The van der Waals surface area contributed by atoms with Gasteiger partial charge in [0, 0.05) is 49.3 Å². The second kappa shape index (κ2) is 9.89. The van der Waals surface area contributed by atoms with Gasteiger partial charge in [-0.25, -0.2) is 14.0 Å². The minimum Gasteiger partial charge on any atom is -0.478 e. The minimum absolute atomic E-state index is 0.199. The zero-order valence-corrected chi connectivity index (χ0v) is 15.9. The first-order valence-corrected chi connectivity index (χ1v) is 9.11. The molecule has 1 aliphatic rings. The molecule has 2 heterocycles. The monoisotopic (exact) mass is 392 g/mol. The average molecular weight is 392 g/mol. The fraction of sp³-hybridized carbons (Fsp3) is 0.400. The Morgan fingerprint density at radius 2 is 2.04 bits per heavy atom. The van der Waals surface area contributed by atoms with Gasteiger partial charge in [-0.2, -0.15) is 0 Å². The topological polar surface area (TPSA) is 103 Å². The lowest BCUT2D eigenvalue weighted by atomic mass is 9.95. The van der Waals surface area contributed by atoms with Crippen molar-refractivity contribution in [2.75, 3.05) is 24.5 Å². The highest BCUT2D eigenvalue weighted by molar-refractivity contribution is 5.90. The number of carbonyl (C=O) groups is 2. The molecule has 28 heavy (non-hydrogen) atoms. The highest BCUT2D eigenvalue weighted by Crippen LogP contribution is 2.32. The van der Waals surface area contributed by atoms with Gasteiger partial charge < -0.3 is 24.8 Å². The lowest BCUT2D eigenvalue weighted by molar-refractivity contribution is -0.134. The van der Waals surface area contributed by atoms with Crippen LogP contribution in [0.4, 0.5) is 10.1 Å². The smallest absolute Gasteiger partial charge is 0.328 e. The van der Waals surface area contributed by atoms with Gasteiger partial charge in [0.1, 0.15) is 5.82 Å². The fourth-order valence-electron chi connectivity index (χ4n) is 3.19. The molecule has 7 nitrogen and oxygen atoms in total. The number of fused-ring (bicyclic) bond motifs is 1. The van der Waals surface area contributed by atoms with Gasteiger partial charge >= 0.3 is 11.9 Å². The number of carboxylic acid groups (broad SMARTS) is 2. The Morgan fingerprint density at radius 1 is 1.36 bits per heavy atom. The summed E-state index contributed by atoms with van der Waals surface area (Å²) in [5.41, 5.74) is 1.68. The fourth-order valence-corrected chi connectivity index (χ4v) is 3.19. The van der Waals surface area contributed by atoms with E-state index >= 15 is 0 Å². The molecular formula is C20H25FN2O5. The van der Waals surface area contributed by atoms with E-state index in [1.165, 1.54) is 6.07 Å². The molecule has 1 aromatic heterocycles. The van der Waals surface area contributed by atoms with E-state index in [0.29, 0.717) is 24.1 Å². The van der Waals surface area contributed by atoms with Crippen molar-refractivity contribution in [3.05, 3.63) is 42.4 Å². The number of hydrogen-bond acceptors (Lipinski definition) is 5. The number of nitrogens with zero attached hydrogens (tertiary/aromatic N) is 1. The van der Waals surface area contributed by atoms with Crippen molar-refractivity contribution in [2.24, 2.45) is 5.92 Å². The summed E-state index contributed by atoms with van der Waals surface area (Å²) in [7, 11) is 0. The number of halogens is 1. The van der Waals surface area contributed by atoms with Gasteiger partial charge in [0.2, 0.25) is 0 Å². The van der Waals surface area contributed by atoms with Crippen molar-refractivity contribution in [1.82, 2.24) is 5.32 Å². The third-order valence-corrected chi connectivity index (χ3v) is 4.76. The molecule has 1 aliphatic heterocycles. The zero-order chi connectivity index (χ0) is 20.7. The van der Waals surface area contributed by atoms with Gasteiger partial charge in [-0.3, -0.25) is 0 Å². The van der Waals surface area contributed by atoms with E-state index in [9.17, 15) is 14.0 Å². The molecule has 2 atom stereocenters. The van der Waals surface area contributed by atoms with Crippen molar-refractivity contribution in [3.63, 3.8) is 0 Å². The molecule has 1 unspecified atom stereocenters. The Morgan fingerprint density at radius 3 is 2.64 bits per heavy atom. The van der Waals surface area contributed by atoms with Crippen LogP contribution in [-0.4, -0.2) is 47.8 Å². The number of nitrogens with one attached hydrogen (secondary N) is 1. The SMILES string of the molecule is CCC(C)[C@H]1CNCCN1c1cc(F)cc2ccoc12.O=C(O)/C=C/C(=O)O. The Kier molecular flexibility index (Phi) is 7.57. The predicted molar refractivity (Wildman–Crippen MR) is 104 cm³/mol. The van der Waals surface area contributed by atoms with Gasteiger partial charge in [-0.05, 0) is 18.1 Å². The number of anilines is 1. The summed E-state index contributed by atoms with van der Waals surface area (Å²) >= 11 is 0. The average Bonchev–Trinajstić information content (AvgIpc) is 3.14. The van der Waals surface area contributed by atoms with Gasteiger partial charge in [-0.1, -0.05) is 20.3 Å². The van der Waals surface area contributed by atoms with Crippen molar-refractivity contribution in [1.29, 1.82) is 0 Å². The molecule has 0 amide bonds. The Bertz CT molecular complexity index is 832. The standard InChI is InChI=1S/C16H21FN2O.C4H4O4/c1-3-11(2)15-10-18-5-6-19(15)14-9-13(17)8-12-4-7-20-16(12)14;5-3(6)1-2-4(7)8/h4,7-9,11,15,18H,3,5-6,10H2,1-2H3;1-2H,(H,5,6)(H,7,8)/b;2-1+/t11?,15-;/m1./s1. The van der Waals surface area contributed by atoms with Gasteiger partial charge in [0.25, 0.3) is 0 Å². The molecule has 8 heteroatoms. The lowest BCUT2D eigenvalue weighted by Crippen LogP contribution is -2.54. The molecule has 152 valence electrons. The number of aliphatic carboxylic acids is 2. The number of piperazine rings is 1. The van der Waals surface area contributed by atoms with Crippen molar-refractivity contribution in [3.8, 4) is 0 Å². The van der Waals surface area contributed by atoms with Crippen LogP contribution < -0.4 is 10.2 Å². The Labute approximate surface area is 162 Å². The molecule has 2 aromatic rings. The predicted octanol–water partition coefficient (Wildman–Crippen LogP) is 3.11. The molecule has 0 spiro atoms. The van der Waals surface area contributed by atoms with Crippen molar-refractivity contribution < 1.29 is 28.6 Å². The Hall–Kier alpha value is -2.87. The van der Waals surface area contributed by atoms with E-state index in [2.05, 4.69) is 24.1 Å². The third kappa shape index (κ3) is 5.56. The van der Waals surface area contributed by atoms with Crippen LogP contribution in [0.15, 0.2) is 41.0 Å². The van der Waals surface area contributed by atoms with Crippen LogP contribution in [0.2, 0.25) is 0 Å². The van der Waals surface area contributed by atoms with Gasteiger partial charge in [-0.15, -0.1) is 0 Å². The van der Waals surface area contributed by atoms with E-state index in [-0.39, 0.29) is 5.82 Å². The number of rotatable bonds is 5. The summed E-state index contributed by atoms with van der Waals surface area (Å²) in [5.74, 6) is -2.16. The second-order valence-corrected chi connectivity index (χ2v) is 6.62. The number of benzene rings is 1. The van der Waals surface area contributed by atoms with Crippen LogP contribution in [0.25, 0.3) is 11.0 Å². The normalized spacial score (nSPS) is 18.0. The van der Waals surface area contributed by atoms with E-state index in [4.69, 9.17) is 14.6 Å². The van der Waals surface area contributed by atoms with E-state index in [1.54, 1.807) is 12.3 Å². The Balaban J connectivity index is 0.000000300. The van der Waals surface area contributed by atoms with Crippen LogP contribution >= 0.6 is 0 Å². The molecule has 0 radical (unpaired) electrons. The molecule has 1 aromatic carbocycles. The highest BCUT2D eigenvalue weighted by Gasteiger charge is 2.28. The zero-order valence-electron chi connectivity index (χ0n) is 15.9. The molecule has 3 rings (SSSR count). The summed E-state index contributed by atoms with van der Waals surface area (Å²) < 4.78 is 19.4. The molecular weight excluding hydrogens is 367 g/mol. The number of furan rings is 1. The maximum Gasteiger partial charge on any atom is 0.328 e. The number of hydrogen-bond donors (Lipinski definition) is 3. The largest absolute Gasteiger partial charge is 0.478 e. The van der Waals surface area contributed by atoms with Crippen molar-refractivity contribution in [2.45, 2.75) is 26.3 Å². The van der Waals surface area contributed by atoms with Crippen LogP contribution in [0.1, 0.15) is 20.3 Å². The molecule has 0 bridgehead atoms. The first-order chi connectivity index (χ1) is 13.3. The van der Waals surface area contributed by atoms with E-state index in [1.807, 2.05) is 6.07 Å². The van der Waals surface area contributed by atoms with Crippen LogP contribution in [0, 0.1) is 11.7 Å². The van der Waals surface area contributed by atoms with Gasteiger partial charge in [0.05, 0.1) is 12.0 Å². The van der Waals surface area contributed by atoms with Gasteiger partial charge in [0.15, 0.2) is 5.58 Å². The van der Waals surface area contributed by atoms with E-state index < -0.39 is 11.9 Å². The quantitative estimate of drug-likeness (QED) is 0.672. The summed E-state index contributed by atoms with van der Waals surface area (Å²) in [5, 5.41) is 19.9. The lowest BCUT2D eigenvalue weighted by Gasteiger charge is -2.41. The maximum atomic E-state index is 13.9.